The van der Waals surface area contributed by atoms with E-state index in [1.54, 1.807) is 6.92 Å². The molecule has 1 fully saturated rings. The standard InChI is InChI=1S/C21H34O5/c1-3-5-6-7-8-9-12-17-14-15-19(22)18(17)13-10-11-16-26-21(24)20(23)25-4-2/h17-18,21,24H,3-5,8-16H2,1-2H3/t17-,18+,21?/m0/s1. The second kappa shape index (κ2) is 13.8. The minimum Gasteiger partial charge on any atom is -0.462 e. The molecule has 0 saturated heterocycles. The predicted molar refractivity (Wildman–Crippen MR) is 100 cm³/mol. The molecule has 0 spiro atoms. The van der Waals surface area contributed by atoms with Crippen molar-refractivity contribution in [2.24, 2.45) is 11.8 Å². The van der Waals surface area contributed by atoms with Gasteiger partial charge in [0.1, 0.15) is 5.78 Å². The van der Waals surface area contributed by atoms with Crippen LogP contribution in [0.15, 0.2) is 0 Å². The third-order valence-corrected chi connectivity index (χ3v) is 4.79. The Bertz CT molecular complexity index is 477. The zero-order chi connectivity index (χ0) is 19.2. The average Bonchev–Trinajstić information content (AvgIpc) is 2.97. The van der Waals surface area contributed by atoms with E-state index in [-0.39, 0.29) is 12.5 Å². The molecular weight excluding hydrogens is 332 g/mol. The highest BCUT2D eigenvalue weighted by Gasteiger charge is 2.33. The second-order valence-corrected chi connectivity index (χ2v) is 6.84. The lowest BCUT2D eigenvalue weighted by atomic mass is 9.87. The summed E-state index contributed by atoms with van der Waals surface area (Å²) >= 11 is 0. The number of aliphatic hydroxyl groups is 1. The lowest BCUT2D eigenvalue weighted by Gasteiger charge is -2.18. The van der Waals surface area contributed by atoms with Gasteiger partial charge in [-0.3, -0.25) is 4.79 Å². The molecule has 0 aliphatic heterocycles. The quantitative estimate of drug-likeness (QED) is 0.247. The molecule has 0 bridgehead atoms. The molecule has 5 heteroatoms. The Morgan fingerprint density at radius 3 is 2.69 bits per heavy atom. The van der Waals surface area contributed by atoms with Crippen molar-refractivity contribution in [3.8, 4) is 11.8 Å². The first kappa shape index (κ1) is 22.7. The van der Waals surface area contributed by atoms with Crippen molar-refractivity contribution in [1.82, 2.24) is 0 Å². The Morgan fingerprint density at radius 2 is 1.96 bits per heavy atom. The Balaban J connectivity index is 2.20. The van der Waals surface area contributed by atoms with Crippen molar-refractivity contribution in [3.63, 3.8) is 0 Å². The number of carbonyl (C=O) groups is 2. The highest BCUT2D eigenvalue weighted by atomic mass is 16.6. The number of aliphatic hydroxyl groups excluding tert-OH is 1. The molecule has 0 aromatic heterocycles. The largest absolute Gasteiger partial charge is 0.462 e. The van der Waals surface area contributed by atoms with Gasteiger partial charge in [-0.2, -0.15) is 0 Å². The van der Waals surface area contributed by atoms with Gasteiger partial charge in [-0.05, 0) is 51.4 Å². The summed E-state index contributed by atoms with van der Waals surface area (Å²) in [5, 5.41) is 9.46. The van der Waals surface area contributed by atoms with Crippen molar-refractivity contribution >= 4 is 11.8 Å². The van der Waals surface area contributed by atoms with Crippen LogP contribution in [0.5, 0.6) is 0 Å². The maximum Gasteiger partial charge on any atom is 0.363 e. The third-order valence-electron chi connectivity index (χ3n) is 4.79. The number of hydrogen-bond acceptors (Lipinski definition) is 5. The van der Waals surface area contributed by atoms with Crippen molar-refractivity contribution in [2.45, 2.75) is 84.3 Å². The Kier molecular flexibility index (Phi) is 12.0. The van der Waals surface area contributed by atoms with Crippen LogP contribution in [0.2, 0.25) is 0 Å². The molecule has 148 valence electrons. The molecule has 1 N–H and O–H groups in total. The lowest BCUT2D eigenvalue weighted by Crippen LogP contribution is -2.26. The van der Waals surface area contributed by atoms with Gasteiger partial charge in [0.25, 0.3) is 6.29 Å². The second-order valence-electron chi connectivity index (χ2n) is 6.84. The third kappa shape index (κ3) is 8.82. The number of unbranched alkanes of at least 4 members (excludes halogenated alkanes) is 3. The summed E-state index contributed by atoms with van der Waals surface area (Å²) in [6, 6.07) is 0. The number of esters is 1. The smallest absolute Gasteiger partial charge is 0.363 e. The number of carbonyl (C=O) groups excluding carboxylic acids is 2. The van der Waals surface area contributed by atoms with Gasteiger partial charge in [-0.25, -0.2) is 4.79 Å². The number of ketones is 1. The molecule has 0 radical (unpaired) electrons. The molecule has 1 rings (SSSR count). The summed E-state index contributed by atoms with van der Waals surface area (Å²) < 4.78 is 9.74. The van der Waals surface area contributed by atoms with Gasteiger partial charge in [0.05, 0.1) is 13.2 Å². The molecule has 0 aromatic rings. The summed E-state index contributed by atoms with van der Waals surface area (Å²) in [5.74, 6) is 6.67. The van der Waals surface area contributed by atoms with Gasteiger partial charge >= 0.3 is 5.97 Å². The zero-order valence-corrected chi connectivity index (χ0v) is 16.3. The zero-order valence-electron chi connectivity index (χ0n) is 16.3. The van der Waals surface area contributed by atoms with Gasteiger partial charge < -0.3 is 14.6 Å². The topological polar surface area (TPSA) is 72.8 Å². The fourth-order valence-corrected chi connectivity index (χ4v) is 3.42. The Morgan fingerprint density at radius 1 is 1.19 bits per heavy atom. The monoisotopic (exact) mass is 366 g/mol. The summed E-state index contributed by atoms with van der Waals surface area (Å²) in [4.78, 5) is 23.4. The normalized spacial score (nSPS) is 20.5. The highest BCUT2D eigenvalue weighted by Crippen LogP contribution is 2.35. The summed E-state index contributed by atoms with van der Waals surface area (Å²) in [6.07, 6.45) is 7.79. The van der Waals surface area contributed by atoms with E-state index in [0.29, 0.717) is 24.7 Å². The molecule has 0 aromatic carbocycles. The molecule has 5 nitrogen and oxygen atoms in total. The Hall–Kier alpha value is -1.38. The first-order valence-electron chi connectivity index (χ1n) is 10.0. The molecular formula is C21H34O5. The van der Waals surface area contributed by atoms with Gasteiger partial charge in [0, 0.05) is 25.2 Å². The van der Waals surface area contributed by atoms with Gasteiger partial charge in [-0.15, -0.1) is 11.8 Å². The molecule has 26 heavy (non-hydrogen) atoms. The molecule has 0 heterocycles. The fraction of sp³-hybridized carbons (Fsp3) is 0.810. The number of hydrogen-bond donors (Lipinski definition) is 1. The van der Waals surface area contributed by atoms with Crippen LogP contribution in [0.3, 0.4) is 0 Å². The molecule has 1 aliphatic rings. The van der Waals surface area contributed by atoms with Crippen LogP contribution in [-0.4, -0.2) is 36.4 Å². The van der Waals surface area contributed by atoms with E-state index in [1.165, 1.54) is 0 Å². The van der Waals surface area contributed by atoms with Gasteiger partial charge in [0.2, 0.25) is 0 Å². The molecule has 1 aliphatic carbocycles. The maximum atomic E-state index is 12.1. The maximum absolute atomic E-state index is 12.1. The summed E-state index contributed by atoms with van der Waals surface area (Å²) in [7, 11) is 0. The van der Waals surface area contributed by atoms with E-state index >= 15 is 0 Å². The molecule has 3 atom stereocenters. The van der Waals surface area contributed by atoms with Crippen molar-refractivity contribution in [3.05, 3.63) is 0 Å². The molecule has 1 saturated carbocycles. The number of ether oxygens (including phenoxy) is 2. The van der Waals surface area contributed by atoms with E-state index < -0.39 is 12.3 Å². The summed E-state index contributed by atoms with van der Waals surface area (Å²) in [5.41, 5.74) is 0. The van der Waals surface area contributed by atoms with E-state index in [0.717, 1.165) is 57.8 Å². The highest BCUT2D eigenvalue weighted by molar-refractivity contribution is 5.83. The minimum absolute atomic E-state index is 0.161. The lowest BCUT2D eigenvalue weighted by molar-refractivity contribution is -0.182. The summed E-state index contributed by atoms with van der Waals surface area (Å²) in [6.45, 7) is 4.32. The van der Waals surface area contributed by atoms with Crippen LogP contribution in [0.25, 0.3) is 0 Å². The van der Waals surface area contributed by atoms with Gasteiger partial charge in [0.15, 0.2) is 0 Å². The predicted octanol–water partition coefficient (Wildman–Crippen LogP) is 3.62. The molecule has 0 amide bonds. The average molecular weight is 366 g/mol. The SMILES string of the molecule is CCCC#CCCC[C@H]1CCC(=O)[C@@H]1CCCCOC(O)C(=O)OCC. The van der Waals surface area contributed by atoms with E-state index in [4.69, 9.17) is 4.74 Å². The van der Waals surface area contributed by atoms with Gasteiger partial charge in [-0.1, -0.05) is 13.3 Å². The first-order valence-corrected chi connectivity index (χ1v) is 10.0. The molecule has 1 unspecified atom stereocenters. The minimum atomic E-state index is -1.51. The van der Waals surface area contributed by atoms with Crippen LogP contribution in [-0.2, 0) is 19.1 Å². The number of Topliss-reactive ketones (excluding diaryl/α,β-unsaturated/α-hetero) is 1. The Labute approximate surface area is 157 Å². The van der Waals surface area contributed by atoms with Crippen molar-refractivity contribution in [1.29, 1.82) is 0 Å². The van der Waals surface area contributed by atoms with Crippen molar-refractivity contribution < 1.29 is 24.2 Å². The van der Waals surface area contributed by atoms with Crippen LogP contribution in [0.4, 0.5) is 0 Å². The van der Waals surface area contributed by atoms with E-state index in [2.05, 4.69) is 23.5 Å². The van der Waals surface area contributed by atoms with Crippen LogP contribution >= 0.6 is 0 Å². The number of rotatable bonds is 12. The van der Waals surface area contributed by atoms with Crippen LogP contribution in [0, 0.1) is 23.7 Å². The van der Waals surface area contributed by atoms with Crippen LogP contribution < -0.4 is 0 Å². The fourth-order valence-electron chi connectivity index (χ4n) is 3.42. The van der Waals surface area contributed by atoms with Crippen LogP contribution in [0.1, 0.15) is 78.1 Å². The first-order chi connectivity index (χ1) is 12.6. The van der Waals surface area contributed by atoms with Crippen molar-refractivity contribution in [2.75, 3.05) is 13.2 Å². The van der Waals surface area contributed by atoms with E-state index in [1.807, 2.05) is 0 Å². The van der Waals surface area contributed by atoms with E-state index in [9.17, 15) is 14.7 Å².